The fourth-order valence-electron chi connectivity index (χ4n) is 2.25. The first kappa shape index (κ1) is 17.6. The quantitative estimate of drug-likeness (QED) is 0.635. The van der Waals surface area contributed by atoms with E-state index in [-0.39, 0.29) is 24.3 Å². The summed E-state index contributed by atoms with van der Waals surface area (Å²) in [6, 6.07) is 9.89. The van der Waals surface area contributed by atoms with Gasteiger partial charge in [-0.15, -0.1) is 0 Å². The Morgan fingerprint density at radius 1 is 1.38 bits per heavy atom. The van der Waals surface area contributed by atoms with Gasteiger partial charge in [0.05, 0.1) is 18.6 Å². The van der Waals surface area contributed by atoms with E-state index in [2.05, 4.69) is 5.32 Å². The number of aliphatic hydroxyl groups excluding tert-OH is 1. The number of benzene rings is 1. The summed E-state index contributed by atoms with van der Waals surface area (Å²) in [4.78, 5) is 11.9. The van der Waals surface area contributed by atoms with Gasteiger partial charge in [0.2, 0.25) is 5.91 Å². The average Bonchev–Trinajstić information content (AvgIpc) is 2.49. The number of nitrogens with two attached hydrogens (primary N) is 1. The van der Waals surface area contributed by atoms with E-state index in [0.29, 0.717) is 19.5 Å². The van der Waals surface area contributed by atoms with E-state index in [4.69, 9.17) is 10.5 Å². The second kappa shape index (κ2) is 9.50. The van der Waals surface area contributed by atoms with Crippen LogP contribution in [-0.2, 0) is 9.53 Å². The first-order chi connectivity index (χ1) is 10.1. The first-order valence-electron chi connectivity index (χ1n) is 7.29. The molecular weight excluding hydrogens is 268 g/mol. The van der Waals surface area contributed by atoms with Gasteiger partial charge in [-0.2, -0.15) is 0 Å². The van der Waals surface area contributed by atoms with E-state index in [1.54, 1.807) is 14.0 Å². The second-order valence-corrected chi connectivity index (χ2v) is 5.29. The first-order valence-corrected chi connectivity index (χ1v) is 7.29. The molecule has 21 heavy (non-hydrogen) atoms. The molecule has 5 nitrogen and oxygen atoms in total. The van der Waals surface area contributed by atoms with E-state index in [9.17, 15) is 9.90 Å². The lowest BCUT2D eigenvalue weighted by Gasteiger charge is -2.20. The normalized spacial score (nSPS) is 15.2. The van der Waals surface area contributed by atoms with Crippen LogP contribution < -0.4 is 11.1 Å². The molecule has 3 unspecified atom stereocenters. The molecule has 0 aliphatic heterocycles. The summed E-state index contributed by atoms with van der Waals surface area (Å²) in [5.41, 5.74) is 6.62. The molecule has 0 radical (unpaired) electrons. The molecule has 1 aromatic rings. The fraction of sp³-hybridized carbons (Fsp3) is 0.562. The predicted octanol–water partition coefficient (Wildman–Crippen LogP) is 1.02. The maximum absolute atomic E-state index is 11.9. The summed E-state index contributed by atoms with van der Waals surface area (Å²) in [5, 5.41) is 12.5. The minimum atomic E-state index is -0.414. The van der Waals surface area contributed by atoms with E-state index in [1.165, 1.54) is 0 Å². The molecule has 1 amide bonds. The third kappa shape index (κ3) is 6.71. The maximum atomic E-state index is 11.9. The van der Waals surface area contributed by atoms with Gasteiger partial charge in [0.15, 0.2) is 0 Å². The van der Waals surface area contributed by atoms with Crippen molar-refractivity contribution in [1.29, 1.82) is 0 Å². The Hall–Kier alpha value is -1.43. The molecule has 118 valence electrons. The standard InChI is InChI=1S/C16H26N2O3/c1-12(19)8-14(13-6-4-3-5-7-13)11-18-16(20)9-15(10-17)21-2/h3-7,12,14-15,19H,8-11,17H2,1-2H3,(H,18,20). The zero-order chi connectivity index (χ0) is 15.7. The Labute approximate surface area is 126 Å². The minimum absolute atomic E-state index is 0.0844. The number of nitrogens with one attached hydrogen (secondary N) is 1. The lowest BCUT2D eigenvalue weighted by Crippen LogP contribution is -2.34. The summed E-state index contributed by atoms with van der Waals surface area (Å²) < 4.78 is 5.10. The number of methoxy groups -OCH3 is 1. The molecule has 0 fully saturated rings. The van der Waals surface area contributed by atoms with Crippen molar-refractivity contribution in [2.75, 3.05) is 20.2 Å². The maximum Gasteiger partial charge on any atom is 0.222 e. The molecule has 0 aliphatic rings. The predicted molar refractivity (Wildman–Crippen MR) is 83.0 cm³/mol. The SMILES string of the molecule is COC(CN)CC(=O)NCC(CC(C)O)c1ccccc1. The number of amides is 1. The Kier molecular flexibility index (Phi) is 7.97. The topological polar surface area (TPSA) is 84.6 Å². The van der Waals surface area contributed by atoms with Crippen molar-refractivity contribution >= 4 is 5.91 Å². The van der Waals surface area contributed by atoms with Crippen LogP contribution in [0.15, 0.2) is 30.3 Å². The van der Waals surface area contributed by atoms with Crippen LogP contribution in [0.4, 0.5) is 0 Å². The summed E-state index contributed by atoms with van der Waals surface area (Å²) in [6.45, 7) is 2.57. The highest BCUT2D eigenvalue weighted by Gasteiger charge is 2.17. The Bertz CT molecular complexity index is 405. The van der Waals surface area contributed by atoms with Crippen molar-refractivity contribution < 1.29 is 14.6 Å². The van der Waals surface area contributed by atoms with Crippen molar-refractivity contribution in [3.05, 3.63) is 35.9 Å². The van der Waals surface area contributed by atoms with Gasteiger partial charge >= 0.3 is 0 Å². The summed E-state index contributed by atoms with van der Waals surface area (Å²) in [7, 11) is 1.55. The number of ether oxygens (including phenoxy) is 1. The van der Waals surface area contributed by atoms with Gasteiger partial charge in [-0.05, 0) is 18.9 Å². The van der Waals surface area contributed by atoms with Gasteiger partial charge < -0.3 is 20.9 Å². The highest BCUT2D eigenvalue weighted by atomic mass is 16.5. The molecule has 0 aromatic heterocycles. The number of aliphatic hydroxyl groups is 1. The van der Waals surface area contributed by atoms with Crippen LogP contribution in [0.25, 0.3) is 0 Å². The molecule has 0 spiro atoms. The van der Waals surface area contributed by atoms with Crippen molar-refractivity contribution in [2.24, 2.45) is 5.73 Å². The molecule has 0 saturated heterocycles. The third-order valence-electron chi connectivity index (χ3n) is 3.45. The molecule has 0 saturated carbocycles. The zero-order valence-corrected chi connectivity index (χ0v) is 12.8. The molecule has 4 N–H and O–H groups in total. The van der Waals surface area contributed by atoms with Crippen LogP contribution in [0.5, 0.6) is 0 Å². The highest BCUT2D eigenvalue weighted by molar-refractivity contribution is 5.76. The monoisotopic (exact) mass is 294 g/mol. The summed E-state index contributed by atoms with van der Waals surface area (Å²) in [6.07, 6.45) is 0.192. The molecular formula is C16H26N2O3. The minimum Gasteiger partial charge on any atom is -0.393 e. The van der Waals surface area contributed by atoms with Crippen LogP contribution in [-0.4, -0.2) is 43.4 Å². The van der Waals surface area contributed by atoms with Crippen LogP contribution in [0, 0.1) is 0 Å². The van der Waals surface area contributed by atoms with Gasteiger partial charge in [-0.25, -0.2) is 0 Å². The molecule has 1 aromatic carbocycles. The van der Waals surface area contributed by atoms with Crippen LogP contribution in [0.3, 0.4) is 0 Å². The van der Waals surface area contributed by atoms with Crippen LogP contribution >= 0.6 is 0 Å². The molecule has 5 heteroatoms. The van der Waals surface area contributed by atoms with E-state index >= 15 is 0 Å². The van der Waals surface area contributed by atoms with Gasteiger partial charge in [0, 0.05) is 26.1 Å². The Morgan fingerprint density at radius 2 is 2.05 bits per heavy atom. The zero-order valence-electron chi connectivity index (χ0n) is 12.8. The van der Waals surface area contributed by atoms with E-state index < -0.39 is 6.10 Å². The van der Waals surface area contributed by atoms with E-state index in [0.717, 1.165) is 5.56 Å². The summed E-state index contributed by atoms with van der Waals surface area (Å²) >= 11 is 0. The molecule has 0 bridgehead atoms. The largest absolute Gasteiger partial charge is 0.393 e. The van der Waals surface area contributed by atoms with Crippen molar-refractivity contribution in [3.8, 4) is 0 Å². The van der Waals surface area contributed by atoms with Gasteiger partial charge in [0.1, 0.15) is 0 Å². The molecule has 0 aliphatic carbocycles. The Morgan fingerprint density at radius 3 is 2.57 bits per heavy atom. The fourth-order valence-corrected chi connectivity index (χ4v) is 2.25. The third-order valence-corrected chi connectivity index (χ3v) is 3.45. The molecule has 3 atom stereocenters. The lowest BCUT2D eigenvalue weighted by atomic mass is 9.93. The van der Waals surface area contributed by atoms with Crippen molar-refractivity contribution in [1.82, 2.24) is 5.32 Å². The second-order valence-electron chi connectivity index (χ2n) is 5.29. The average molecular weight is 294 g/mol. The Balaban J connectivity index is 2.56. The summed E-state index contributed by atoms with van der Waals surface area (Å²) in [5.74, 6) is 0.00726. The van der Waals surface area contributed by atoms with Crippen LogP contribution in [0.1, 0.15) is 31.2 Å². The molecule has 0 heterocycles. The number of carbonyl (C=O) groups is 1. The highest BCUT2D eigenvalue weighted by Crippen LogP contribution is 2.20. The van der Waals surface area contributed by atoms with Gasteiger partial charge in [-0.3, -0.25) is 4.79 Å². The van der Waals surface area contributed by atoms with E-state index in [1.807, 2.05) is 30.3 Å². The number of rotatable bonds is 9. The molecule has 1 rings (SSSR count). The van der Waals surface area contributed by atoms with Crippen molar-refractivity contribution in [3.63, 3.8) is 0 Å². The van der Waals surface area contributed by atoms with Gasteiger partial charge in [-0.1, -0.05) is 30.3 Å². The van der Waals surface area contributed by atoms with Crippen molar-refractivity contribution in [2.45, 2.75) is 37.9 Å². The lowest BCUT2D eigenvalue weighted by molar-refractivity contribution is -0.123. The van der Waals surface area contributed by atoms with Crippen LogP contribution in [0.2, 0.25) is 0 Å². The van der Waals surface area contributed by atoms with Gasteiger partial charge in [0.25, 0.3) is 0 Å². The number of carbonyl (C=O) groups excluding carboxylic acids is 1. The number of hydrogen-bond acceptors (Lipinski definition) is 4. The smallest absolute Gasteiger partial charge is 0.222 e. The number of hydrogen-bond donors (Lipinski definition) is 3.